The molecule has 0 spiro atoms. The van der Waals surface area contributed by atoms with Crippen molar-refractivity contribution in [2.45, 2.75) is 18.7 Å². The molecule has 1 aromatic carbocycles. The lowest BCUT2D eigenvalue weighted by molar-refractivity contribution is -0.116. The van der Waals surface area contributed by atoms with Crippen molar-refractivity contribution < 1.29 is 24.2 Å². The molecule has 1 unspecified atom stereocenters. The van der Waals surface area contributed by atoms with Gasteiger partial charge in [0.2, 0.25) is 5.91 Å². The topological polar surface area (TPSA) is 79.3 Å². The Morgan fingerprint density at radius 2 is 1.96 bits per heavy atom. The second-order valence-electron chi connectivity index (χ2n) is 6.68. The monoisotopic (exact) mass is 424 g/mol. The average molecular weight is 425 g/mol. The number of nitrogens with zero attached hydrogens (tertiary/aromatic N) is 2. The number of allylic oxidation sites excluding steroid dienone is 3. The van der Waals surface area contributed by atoms with Crippen LogP contribution in [0.5, 0.6) is 11.5 Å². The maximum Gasteiger partial charge on any atom is 0.261 e. The molecule has 1 atom stereocenters. The second kappa shape index (κ2) is 7.31. The fourth-order valence-electron chi connectivity index (χ4n) is 3.54. The zero-order valence-electron chi connectivity index (χ0n) is 15.1. The molecule has 0 radical (unpaired) electrons. The molecule has 2 amide bonds. The highest BCUT2D eigenvalue weighted by Crippen LogP contribution is 2.47. The largest absolute Gasteiger partial charge is 0.507 e. The molecule has 0 bridgehead atoms. The van der Waals surface area contributed by atoms with Crippen LogP contribution in [0.2, 0.25) is 0 Å². The Morgan fingerprint density at radius 1 is 1.25 bits per heavy atom. The molecule has 4 rings (SSSR count). The molecule has 2 aliphatic heterocycles. The number of halogens is 2. The normalized spacial score (nSPS) is 21.5. The predicted molar refractivity (Wildman–Crippen MR) is 104 cm³/mol. The Balaban J connectivity index is 1.86. The van der Waals surface area contributed by atoms with Gasteiger partial charge in [0.25, 0.3) is 5.91 Å². The molecule has 1 aliphatic carbocycles. The predicted octanol–water partition coefficient (Wildman–Crippen LogP) is 2.96. The van der Waals surface area contributed by atoms with Crippen LogP contribution in [0.4, 0.5) is 5.69 Å². The van der Waals surface area contributed by atoms with Crippen molar-refractivity contribution in [3.05, 3.63) is 40.3 Å². The number of morpholine rings is 1. The number of amides is 2. The number of alkyl halides is 1. The van der Waals surface area contributed by atoms with Gasteiger partial charge in [-0.05, 0) is 18.2 Å². The fourth-order valence-corrected chi connectivity index (χ4v) is 4.20. The van der Waals surface area contributed by atoms with E-state index in [1.54, 1.807) is 11.0 Å². The van der Waals surface area contributed by atoms with Gasteiger partial charge in [-0.2, -0.15) is 0 Å². The van der Waals surface area contributed by atoms with E-state index in [2.05, 4.69) is 0 Å². The Labute approximate surface area is 171 Å². The minimum Gasteiger partial charge on any atom is -0.507 e. The summed E-state index contributed by atoms with van der Waals surface area (Å²) < 4.78 is 11.3. The van der Waals surface area contributed by atoms with Crippen LogP contribution < -0.4 is 9.64 Å². The number of anilines is 1. The van der Waals surface area contributed by atoms with E-state index in [1.807, 2.05) is 0 Å². The van der Waals surface area contributed by atoms with Gasteiger partial charge in [-0.1, -0.05) is 11.6 Å². The van der Waals surface area contributed by atoms with Gasteiger partial charge in [0.1, 0.15) is 17.1 Å². The summed E-state index contributed by atoms with van der Waals surface area (Å²) in [4.78, 5) is 28.5. The molecule has 148 valence electrons. The van der Waals surface area contributed by atoms with Gasteiger partial charge in [0.05, 0.1) is 30.0 Å². The van der Waals surface area contributed by atoms with Crippen LogP contribution in [0.25, 0.3) is 0 Å². The van der Waals surface area contributed by atoms with Gasteiger partial charge < -0.3 is 19.5 Å². The quantitative estimate of drug-likeness (QED) is 0.700. The lowest BCUT2D eigenvalue weighted by atomic mass is 10.0. The summed E-state index contributed by atoms with van der Waals surface area (Å²) in [6.45, 7) is 3.05. The van der Waals surface area contributed by atoms with Crippen molar-refractivity contribution in [2.24, 2.45) is 0 Å². The molecule has 3 aliphatic rings. The molecule has 9 heteroatoms. The number of rotatable bonds is 1. The number of carbonyl (C=O) groups excluding carboxylic acids is 2. The molecule has 1 fully saturated rings. The van der Waals surface area contributed by atoms with E-state index in [0.717, 1.165) is 0 Å². The van der Waals surface area contributed by atoms with Crippen molar-refractivity contribution in [1.82, 2.24) is 4.90 Å². The lowest BCUT2D eigenvalue weighted by Gasteiger charge is -2.36. The fraction of sp³-hybridized carbons (Fsp3) is 0.368. The molecular formula is C19H18Cl2N2O5. The number of fused-ring (bicyclic) bond motifs is 1. The van der Waals surface area contributed by atoms with Gasteiger partial charge in [-0.25, -0.2) is 0 Å². The standard InChI is InChI=1S/C19H18Cl2N2O5/c1-10(24)23-13-2-3-15(25)16(19(26)22-4-6-27-7-5-22)18(13)28-17-12(21)8-11(20)9-14(17)23/h2-3,9,12,25H,4-8H2,1H3. The molecule has 2 heterocycles. The maximum absolute atomic E-state index is 13.1. The van der Waals surface area contributed by atoms with Gasteiger partial charge in [0.15, 0.2) is 5.75 Å². The summed E-state index contributed by atoms with van der Waals surface area (Å²) in [5.74, 6) is -0.462. The zero-order chi connectivity index (χ0) is 20.0. The summed E-state index contributed by atoms with van der Waals surface area (Å²) in [7, 11) is 0. The van der Waals surface area contributed by atoms with E-state index in [1.165, 1.54) is 24.0 Å². The van der Waals surface area contributed by atoms with E-state index in [0.29, 0.717) is 54.9 Å². The summed E-state index contributed by atoms with van der Waals surface area (Å²) in [6, 6.07) is 2.91. The highest BCUT2D eigenvalue weighted by Gasteiger charge is 2.38. The number of benzene rings is 1. The van der Waals surface area contributed by atoms with E-state index >= 15 is 0 Å². The summed E-state index contributed by atoms with van der Waals surface area (Å²) in [5.41, 5.74) is 0.792. The Bertz CT molecular complexity index is 921. The van der Waals surface area contributed by atoms with Gasteiger partial charge in [-0.3, -0.25) is 14.5 Å². The van der Waals surface area contributed by atoms with Gasteiger partial charge in [0, 0.05) is 31.5 Å². The first-order valence-electron chi connectivity index (χ1n) is 8.84. The van der Waals surface area contributed by atoms with E-state index in [4.69, 9.17) is 32.7 Å². The molecule has 1 aromatic rings. The molecule has 0 saturated carbocycles. The first-order valence-corrected chi connectivity index (χ1v) is 9.65. The number of phenolic OH excluding ortho intramolecular Hbond substituents is 1. The first-order chi connectivity index (χ1) is 13.4. The van der Waals surface area contributed by atoms with Crippen molar-refractivity contribution in [3.8, 4) is 11.5 Å². The van der Waals surface area contributed by atoms with Crippen LogP contribution >= 0.6 is 23.2 Å². The van der Waals surface area contributed by atoms with Crippen LogP contribution in [0.1, 0.15) is 23.7 Å². The SMILES string of the molecule is CC(=O)N1C2=C(Oc3c1ccc(O)c3C(=O)N1CCOCC1)C(Cl)CC(Cl)=C2. The number of phenols is 1. The van der Waals surface area contributed by atoms with E-state index < -0.39 is 5.38 Å². The summed E-state index contributed by atoms with van der Waals surface area (Å²) in [5, 5.41) is 10.4. The zero-order valence-corrected chi connectivity index (χ0v) is 16.6. The van der Waals surface area contributed by atoms with Crippen molar-refractivity contribution >= 4 is 40.7 Å². The molecular weight excluding hydrogens is 407 g/mol. The number of ether oxygens (including phenoxy) is 2. The molecule has 1 saturated heterocycles. The average Bonchev–Trinajstić information content (AvgIpc) is 2.66. The smallest absolute Gasteiger partial charge is 0.261 e. The summed E-state index contributed by atoms with van der Waals surface area (Å²) >= 11 is 12.6. The molecule has 0 aromatic heterocycles. The van der Waals surface area contributed by atoms with E-state index in [-0.39, 0.29) is 28.9 Å². The van der Waals surface area contributed by atoms with Gasteiger partial charge in [-0.15, -0.1) is 11.6 Å². The van der Waals surface area contributed by atoms with Crippen molar-refractivity contribution in [2.75, 3.05) is 31.2 Å². The third kappa shape index (κ3) is 3.13. The Morgan fingerprint density at radius 3 is 2.64 bits per heavy atom. The number of hydrogen-bond acceptors (Lipinski definition) is 5. The van der Waals surface area contributed by atoms with Gasteiger partial charge >= 0.3 is 0 Å². The lowest BCUT2D eigenvalue weighted by Crippen LogP contribution is -2.41. The Kier molecular flexibility index (Phi) is 4.99. The minimum atomic E-state index is -0.601. The number of carbonyl (C=O) groups is 2. The van der Waals surface area contributed by atoms with Crippen molar-refractivity contribution in [1.29, 1.82) is 0 Å². The Hall–Kier alpha value is -2.22. The third-order valence-electron chi connectivity index (χ3n) is 4.84. The first kappa shape index (κ1) is 19.1. The van der Waals surface area contributed by atoms with E-state index in [9.17, 15) is 14.7 Å². The maximum atomic E-state index is 13.1. The van der Waals surface area contributed by atoms with Crippen molar-refractivity contribution in [3.63, 3.8) is 0 Å². The molecule has 28 heavy (non-hydrogen) atoms. The molecule has 7 nitrogen and oxygen atoms in total. The summed E-state index contributed by atoms with van der Waals surface area (Å²) in [6.07, 6.45) is 1.98. The molecule has 1 N–H and O–H groups in total. The van der Waals surface area contributed by atoms with Crippen LogP contribution in [0.15, 0.2) is 34.7 Å². The third-order valence-corrected chi connectivity index (χ3v) is 5.46. The van der Waals surface area contributed by atoms with Crippen LogP contribution in [-0.4, -0.2) is 53.5 Å². The van der Waals surface area contributed by atoms with Crippen LogP contribution in [0.3, 0.4) is 0 Å². The second-order valence-corrected chi connectivity index (χ2v) is 7.69. The van der Waals surface area contributed by atoms with Crippen LogP contribution in [0, 0.1) is 0 Å². The van der Waals surface area contributed by atoms with Crippen LogP contribution in [-0.2, 0) is 9.53 Å². The highest BCUT2D eigenvalue weighted by molar-refractivity contribution is 6.31. The minimum absolute atomic E-state index is 0.00159. The number of hydrogen-bond donors (Lipinski definition) is 1. The number of aromatic hydroxyl groups is 1. The highest BCUT2D eigenvalue weighted by atomic mass is 35.5.